The maximum atomic E-state index is 12.5. The lowest BCUT2D eigenvalue weighted by atomic mass is 10.1. The average molecular weight is 362 g/mol. The summed E-state index contributed by atoms with van der Waals surface area (Å²) in [7, 11) is 0. The van der Waals surface area contributed by atoms with E-state index in [-0.39, 0.29) is 17.2 Å². The number of benzene rings is 2. The Labute approximate surface area is 156 Å². The van der Waals surface area contributed by atoms with Gasteiger partial charge in [-0.05, 0) is 66.7 Å². The van der Waals surface area contributed by atoms with Crippen molar-refractivity contribution in [3.63, 3.8) is 0 Å². The zero-order valence-electron chi connectivity index (χ0n) is 14.5. The third-order valence-electron chi connectivity index (χ3n) is 4.41. The van der Waals surface area contributed by atoms with Crippen LogP contribution in [-0.2, 0) is 4.79 Å². The highest BCUT2D eigenvalue weighted by Gasteiger charge is 2.36. The summed E-state index contributed by atoms with van der Waals surface area (Å²) < 4.78 is 2.02. The zero-order valence-corrected chi connectivity index (χ0v) is 15.4. The van der Waals surface area contributed by atoms with Gasteiger partial charge in [-0.2, -0.15) is 0 Å². The molecular weight excluding hydrogens is 344 g/mol. The summed E-state index contributed by atoms with van der Waals surface area (Å²) >= 11 is 1.00. The van der Waals surface area contributed by atoms with Crippen LogP contribution in [0.2, 0.25) is 0 Å². The number of amides is 2. The van der Waals surface area contributed by atoms with Crippen molar-refractivity contribution in [1.82, 2.24) is 9.47 Å². The highest BCUT2D eigenvalue weighted by Crippen LogP contribution is 2.34. The van der Waals surface area contributed by atoms with E-state index in [1.807, 2.05) is 48.9 Å². The van der Waals surface area contributed by atoms with E-state index >= 15 is 0 Å². The summed E-state index contributed by atoms with van der Waals surface area (Å²) in [5.41, 5.74) is 1.89. The van der Waals surface area contributed by atoms with Crippen LogP contribution in [0.5, 0.6) is 0 Å². The molecule has 0 bridgehead atoms. The summed E-state index contributed by atoms with van der Waals surface area (Å²) in [6.07, 6.45) is 3.76. The Kier molecular flexibility index (Phi) is 4.17. The van der Waals surface area contributed by atoms with Crippen LogP contribution in [0.3, 0.4) is 0 Å². The van der Waals surface area contributed by atoms with Crippen molar-refractivity contribution in [1.29, 1.82) is 0 Å². The fraction of sp³-hybridized carbons (Fsp3) is 0.143. The van der Waals surface area contributed by atoms with E-state index in [4.69, 9.17) is 0 Å². The van der Waals surface area contributed by atoms with Gasteiger partial charge in [-0.25, -0.2) is 0 Å². The monoisotopic (exact) mass is 362 g/mol. The molecule has 2 amide bonds. The van der Waals surface area contributed by atoms with Crippen molar-refractivity contribution in [2.75, 3.05) is 0 Å². The molecule has 4 rings (SSSR count). The number of carbonyl (C=O) groups excluding carboxylic acids is 2. The first kappa shape index (κ1) is 16.7. The first-order chi connectivity index (χ1) is 12.5. The van der Waals surface area contributed by atoms with Gasteiger partial charge in [-0.1, -0.05) is 30.3 Å². The fourth-order valence-electron chi connectivity index (χ4n) is 3.13. The average Bonchev–Trinajstić information content (AvgIpc) is 3.19. The lowest BCUT2D eigenvalue weighted by Gasteiger charge is -2.16. The molecule has 1 aliphatic heterocycles. The van der Waals surface area contributed by atoms with Crippen LogP contribution in [0, 0.1) is 0 Å². The zero-order chi connectivity index (χ0) is 18.3. The maximum Gasteiger partial charge on any atom is 0.293 e. The molecule has 1 saturated heterocycles. The molecule has 0 atom stereocenters. The Hall–Kier alpha value is -2.79. The number of fused-ring (bicyclic) bond motifs is 1. The molecule has 0 N–H and O–H groups in total. The number of aromatic nitrogens is 1. The van der Waals surface area contributed by atoms with Crippen LogP contribution in [-0.4, -0.2) is 26.7 Å². The van der Waals surface area contributed by atoms with Crippen molar-refractivity contribution in [3.05, 3.63) is 71.4 Å². The molecule has 0 radical (unpaired) electrons. The van der Waals surface area contributed by atoms with Gasteiger partial charge in [0.2, 0.25) is 0 Å². The molecule has 2 aromatic carbocycles. The SMILES string of the molecule is CC(C)N1C(=O)S/C(=C\c2cccn2-c2ccc3ccccc3c2)C1=O. The molecule has 1 fully saturated rings. The Morgan fingerprint density at radius 3 is 2.46 bits per heavy atom. The van der Waals surface area contributed by atoms with Gasteiger partial charge in [0.25, 0.3) is 11.1 Å². The van der Waals surface area contributed by atoms with Crippen LogP contribution in [0.4, 0.5) is 4.79 Å². The Balaban J connectivity index is 1.73. The normalized spacial score (nSPS) is 16.4. The number of hydrogen-bond donors (Lipinski definition) is 0. The van der Waals surface area contributed by atoms with Gasteiger partial charge in [0.1, 0.15) is 0 Å². The Morgan fingerprint density at radius 1 is 0.962 bits per heavy atom. The van der Waals surface area contributed by atoms with E-state index in [1.165, 1.54) is 10.3 Å². The Morgan fingerprint density at radius 2 is 1.73 bits per heavy atom. The Bertz CT molecular complexity index is 1050. The van der Waals surface area contributed by atoms with E-state index in [9.17, 15) is 9.59 Å². The maximum absolute atomic E-state index is 12.5. The fourth-order valence-corrected chi connectivity index (χ4v) is 4.08. The standard InChI is InChI=1S/C21H18N2O2S/c1-14(2)23-20(24)19(26-21(23)25)13-17-8-5-11-22(17)18-10-9-15-6-3-4-7-16(15)12-18/h3-14H,1-2H3/b19-13-. The molecule has 2 heterocycles. The van der Waals surface area contributed by atoms with E-state index in [0.29, 0.717) is 4.91 Å². The second kappa shape index (κ2) is 6.50. The first-order valence-electron chi connectivity index (χ1n) is 8.48. The number of nitrogens with zero attached hydrogens (tertiary/aromatic N) is 2. The molecule has 5 heteroatoms. The van der Waals surface area contributed by atoms with E-state index in [2.05, 4.69) is 30.3 Å². The molecule has 1 aromatic heterocycles. The third kappa shape index (κ3) is 2.84. The molecule has 4 nitrogen and oxygen atoms in total. The third-order valence-corrected chi connectivity index (χ3v) is 5.29. The van der Waals surface area contributed by atoms with Crippen LogP contribution in [0.15, 0.2) is 65.7 Å². The van der Waals surface area contributed by atoms with Gasteiger partial charge in [0, 0.05) is 23.6 Å². The van der Waals surface area contributed by atoms with E-state index in [0.717, 1.165) is 28.5 Å². The second-order valence-corrected chi connectivity index (χ2v) is 7.47. The second-order valence-electron chi connectivity index (χ2n) is 6.48. The quantitative estimate of drug-likeness (QED) is 0.611. The molecule has 3 aromatic rings. The minimum absolute atomic E-state index is 0.138. The van der Waals surface area contributed by atoms with Gasteiger partial charge >= 0.3 is 0 Å². The van der Waals surface area contributed by atoms with Crippen molar-refractivity contribution in [2.24, 2.45) is 0 Å². The molecule has 0 aliphatic carbocycles. The minimum atomic E-state index is -0.221. The van der Waals surface area contributed by atoms with Crippen molar-refractivity contribution < 1.29 is 9.59 Å². The van der Waals surface area contributed by atoms with E-state index < -0.39 is 0 Å². The van der Waals surface area contributed by atoms with Gasteiger partial charge in [-0.3, -0.25) is 14.5 Å². The van der Waals surface area contributed by atoms with Gasteiger partial charge in [0.15, 0.2) is 0 Å². The number of imide groups is 1. The molecule has 0 saturated carbocycles. The molecule has 130 valence electrons. The highest BCUT2D eigenvalue weighted by molar-refractivity contribution is 8.18. The van der Waals surface area contributed by atoms with Crippen LogP contribution in [0.1, 0.15) is 19.5 Å². The summed E-state index contributed by atoms with van der Waals surface area (Å²) in [5, 5.41) is 2.13. The largest absolute Gasteiger partial charge is 0.317 e. The van der Waals surface area contributed by atoms with Gasteiger partial charge < -0.3 is 4.57 Å². The first-order valence-corrected chi connectivity index (χ1v) is 9.30. The predicted molar refractivity (Wildman–Crippen MR) is 106 cm³/mol. The van der Waals surface area contributed by atoms with Crippen molar-refractivity contribution in [2.45, 2.75) is 19.9 Å². The van der Waals surface area contributed by atoms with E-state index in [1.54, 1.807) is 6.08 Å². The smallest absolute Gasteiger partial charge is 0.293 e. The molecule has 0 spiro atoms. The molecule has 26 heavy (non-hydrogen) atoms. The number of carbonyl (C=O) groups is 2. The number of hydrogen-bond acceptors (Lipinski definition) is 3. The summed E-state index contributed by atoms with van der Waals surface area (Å²) in [6, 6.07) is 18.2. The molecule has 0 unspecified atom stereocenters. The highest BCUT2D eigenvalue weighted by atomic mass is 32.2. The van der Waals surface area contributed by atoms with Gasteiger partial charge in [0.05, 0.1) is 4.91 Å². The predicted octanol–water partition coefficient (Wildman–Crippen LogP) is 5.08. The van der Waals surface area contributed by atoms with Crippen molar-refractivity contribution in [3.8, 4) is 5.69 Å². The summed E-state index contributed by atoms with van der Waals surface area (Å²) in [5.74, 6) is -0.221. The summed E-state index contributed by atoms with van der Waals surface area (Å²) in [4.78, 5) is 26.4. The lowest BCUT2D eigenvalue weighted by Crippen LogP contribution is -2.34. The van der Waals surface area contributed by atoms with Gasteiger partial charge in [-0.15, -0.1) is 0 Å². The van der Waals surface area contributed by atoms with Crippen LogP contribution >= 0.6 is 11.8 Å². The topological polar surface area (TPSA) is 42.3 Å². The van der Waals surface area contributed by atoms with Crippen LogP contribution < -0.4 is 0 Å². The number of rotatable bonds is 3. The minimum Gasteiger partial charge on any atom is -0.317 e. The molecular formula is C21H18N2O2S. The van der Waals surface area contributed by atoms with Crippen molar-refractivity contribution >= 4 is 39.8 Å². The van der Waals surface area contributed by atoms with Crippen LogP contribution in [0.25, 0.3) is 22.5 Å². The summed E-state index contributed by atoms with van der Waals surface area (Å²) in [6.45, 7) is 3.69. The lowest BCUT2D eigenvalue weighted by molar-refractivity contribution is -0.123. The molecule has 1 aliphatic rings. The number of thioether (sulfide) groups is 1.